The number of hydrogen-bond donors (Lipinski definition) is 1. The topological polar surface area (TPSA) is 26.0 Å². The molecule has 0 fully saturated rings. The van der Waals surface area contributed by atoms with Crippen molar-refractivity contribution in [3.63, 3.8) is 0 Å². The zero-order valence-corrected chi connectivity index (χ0v) is 7.10. The molecule has 0 amide bonds. The normalized spacial score (nSPS) is 9.92. The SMILES string of the molecule is C=C(CN)c1cc(C)cc(F)c1. The Kier molecular flexibility index (Phi) is 2.61. The van der Waals surface area contributed by atoms with E-state index in [1.54, 1.807) is 0 Å². The highest BCUT2D eigenvalue weighted by atomic mass is 19.1. The zero-order chi connectivity index (χ0) is 9.14. The molecule has 0 unspecified atom stereocenters. The Hall–Kier alpha value is -1.15. The molecule has 0 aliphatic heterocycles. The number of halogens is 1. The number of aryl methyl sites for hydroxylation is 1. The van der Waals surface area contributed by atoms with Crippen molar-refractivity contribution < 1.29 is 4.39 Å². The number of benzene rings is 1. The predicted octanol–water partition coefficient (Wildman–Crippen LogP) is 2.11. The summed E-state index contributed by atoms with van der Waals surface area (Å²) >= 11 is 0. The average molecular weight is 165 g/mol. The molecule has 64 valence electrons. The fourth-order valence-electron chi connectivity index (χ4n) is 1.06. The maximum absolute atomic E-state index is 12.8. The molecule has 0 radical (unpaired) electrons. The molecule has 1 aromatic carbocycles. The Bertz CT molecular complexity index is 284. The molecule has 0 aliphatic carbocycles. The van der Waals surface area contributed by atoms with E-state index in [-0.39, 0.29) is 5.82 Å². The third kappa shape index (κ3) is 1.92. The van der Waals surface area contributed by atoms with Gasteiger partial charge in [0.05, 0.1) is 0 Å². The number of nitrogens with two attached hydrogens (primary N) is 1. The van der Waals surface area contributed by atoms with Gasteiger partial charge in [-0.05, 0) is 35.8 Å². The Morgan fingerprint density at radius 2 is 2.17 bits per heavy atom. The van der Waals surface area contributed by atoms with Crippen molar-refractivity contribution in [1.29, 1.82) is 0 Å². The van der Waals surface area contributed by atoms with Gasteiger partial charge in [-0.3, -0.25) is 0 Å². The Labute approximate surface area is 71.7 Å². The molecular weight excluding hydrogens is 153 g/mol. The van der Waals surface area contributed by atoms with E-state index in [1.807, 2.05) is 13.0 Å². The fraction of sp³-hybridized carbons (Fsp3) is 0.200. The first kappa shape index (κ1) is 8.94. The monoisotopic (exact) mass is 165 g/mol. The second kappa shape index (κ2) is 3.50. The van der Waals surface area contributed by atoms with Crippen molar-refractivity contribution in [3.8, 4) is 0 Å². The second-order valence-corrected chi connectivity index (χ2v) is 2.82. The molecule has 0 aromatic heterocycles. The van der Waals surface area contributed by atoms with Gasteiger partial charge in [0, 0.05) is 6.54 Å². The van der Waals surface area contributed by atoms with Crippen LogP contribution in [0.4, 0.5) is 4.39 Å². The first-order valence-corrected chi connectivity index (χ1v) is 3.79. The average Bonchev–Trinajstić information content (AvgIpc) is 2.01. The van der Waals surface area contributed by atoms with Crippen LogP contribution in [0.1, 0.15) is 11.1 Å². The molecule has 0 saturated heterocycles. The first-order valence-electron chi connectivity index (χ1n) is 3.79. The highest BCUT2D eigenvalue weighted by molar-refractivity contribution is 5.65. The van der Waals surface area contributed by atoms with Gasteiger partial charge in [0.1, 0.15) is 5.82 Å². The van der Waals surface area contributed by atoms with Crippen LogP contribution in [-0.2, 0) is 0 Å². The molecule has 0 heterocycles. The van der Waals surface area contributed by atoms with Crippen molar-refractivity contribution in [2.45, 2.75) is 6.92 Å². The summed E-state index contributed by atoms with van der Waals surface area (Å²) < 4.78 is 12.8. The Morgan fingerprint density at radius 3 is 2.67 bits per heavy atom. The number of rotatable bonds is 2. The minimum Gasteiger partial charge on any atom is -0.326 e. The van der Waals surface area contributed by atoms with Crippen LogP contribution in [-0.4, -0.2) is 6.54 Å². The lowest BCUT2D eigenvalue weighted by Crippen LogP contribution is -2.01. The maximum atomic E-state index is 12.8. The van der Waals surface area contributed by atoms with Gasteiger partial charge >= 0.3 is 0 Å². The van der Waals surface area contributed by atoms with E-state index in [9.17, 15) is 4.39 Å². The van der Waals surface area contributed by atoms with Crippen LogP contribution in [0.2, 0.25) is 0 Å². The minimum absolute atomic E-state index is 0.236. The van der Waals surface area contributed by atoms with Crippen molar-refractivity contribution in [3.05, 3.63) is 41.7 Å². The van der Waals surface area contributed by atoms with Crippen LogP contribution in [0.5, 0.6) is 0 Å². The van der Waals surface area contributed by atoms with Gasteiger partial charge in [-0.25, -0.2) is 4.39 Å². The molecule has 0 spiro atoms. The summed E-state index contributed by atoms with van der Waals surface area (Å²) in [6.45, 7) is 5.94. The molecule has 12 heavy (non-hydrogen) atoms. The van der Waals surface area contributed by atoms with E-state index < -0.39 is 0 Å². The highest BCUT2D eigenvalue weighted by Gasteiger charge is 1.99. The third-order valence-electron chi connectivity index (χ3n) is 1.70. The van der Waals surface area contributed by atoms with E-state index in [2.05, 4.69) is 6.58 Å². The molecule has 1 nitrogen and oxygen atoms in total. The summed E-state index contributed by atoms with van der Waals surface area (Å²) in [4.78, 5) is 0. The molecule has 2 heteroatoms. The molecule has 2 N–H and O–H groups in total. The predicted molar refractivity (Wildman–Crippen MR) is 49.2 cm³/mol. The van der Waals surface area contributed by atoms with Gasteiger partial charge in [-0.15, -0.1) is 0 Å². The lowest BCUT2D eigenvalue weighted by molar-refractivity contribution is 0.626. The summed E-state index contributed by atoms with van der Waals surface area (Å²) in [6.07, 6.45) is 0. The number of hydrogen-bond acceptors (Lipinski definition) is 1. The Balaban J connectivity index is 3.08. The minimum atomic E-state index is -0.236. The molecule has 0 bridgehead atoms. The lowest BCUT2D eigenvalue weighted by atomic mass is 10.1. The van der Waals surface area contributed by atoms with Gasteiger partial charge in [0.25, 0.3) is 0 Å². The lowest BCUT2D eigenvalue weighted by Gasteiger charge is -2.03. The van der Waals surface area contributed by atoms with Crippen molar-refractivity contribution in [1.82, 2.24) is 0 Å². The molecule has 0 aliphatic rings. The second-order valence-electron chi connectivity index (χ2n) is 2.82. The zero-order valence-electron chi connectivity index (χ0n) is 7.10. The third-order valence-corrected chi connectivity index (χ3v) is 1.70. The van der Waals surface area contributed by atoms with Crippen molar-refractivity contribution in [2.24, 2.45) is 5.73 Å². The standard InChI is InChI=1S/C10H12FN/c1-7-3-9(8(2)6-12)5-10(11)4-7/h3-5H,2,6,12H2,1H3. The largest absolute Gasteiger partial charge is 0.326 e. The van der Waals surface area contributed by atoms with Crippen LogP contribution in [0, 0.1) is 12.7 Å². The molecule has 1 rings (SSSR count). The molecule has 0 saturated carbocycles. The fourth-order valence-corrected chi connectivity index (χ4v) is 1.06. The molecular formula is C10H12FN. The van der Waals surface area contributed by atoms with E-state index in [1.165, 1.54) is 12.1 Å². The van der Waals surface area contributed by atoms with Crippen LogP contribution in [0.3, 0.4) is 0 Å². The van der Waals surface area contributed by atoms with E-state index in [0.29, 0.717) is 6.54 Å². The van der Waals surface area contributed by atoms with Crippen molar-refractivity contribution >= 4 is 5.57 Å². The summed E-state index contributed by atoms with van der Waals surface area (Å²) in [5.41, 5.74) is 7.82. The van der Waals surface area contributed by atoms with Gasteiger partial charge in [0.15, 0.2) is 0 Å². The van der Waals surface area contributed by atoms with Gasteiger partial charge in [-0.1, -0.05) is 12.6 Å². The molecule has 1 aromatic rings. The van der Waals surface area contributed by atoms with E-state index >= 15 is 0 Å². The quantitative estimate of drug-likeness (QED) is 0.713. The maximum Gasteiger partial charge on any atom is 0.124 e. The first-order chi connectivity index (χ1) is 5.63. The van der Waals surface area contributed by atoms with Crippen molar-refractivity contribution in [2.75, 3.05) is 6.54 Å². The van der Waals surface area contributed by atoms with E-state index in [0.717, 1.165) is 16.7 Å². The van der Waals surface area contributed by atoms with Crippen LogP contribution in [0.25, 0.3) is 5.57 Å². The van der Waals surface area contributed by atoms with Crippen LogP contribution in [0.15, 0.2) is 24.8 Å². The van der Waals surface area contributed by atoms with E-state index in [4.69, 9.17) is 5.73 Å². The van der Waals surface area contributed by atoms with Crippen LogP contribution < -0.4 is 5.73 Å². The van der Waals surface area contributed by atoms with Gasteiger partial charge in [-0.2, -0.15) is 0 Å². The van der Waals surface area contributed by atoms with Gasteiger partial charge in [0.2, 0.25) is 0 Å². The summed E-state index contributed by atoms with van der Waals surface area (Å²) in [5.74, 6) is -0.236. The summed E-state index contributed by atoms with van der Waals surface area (Å²) in [5, 5.41) is 0. The Morgan fingerprint density at radius 1 is 1.50 bits per heavy atom. The van der Waals surface area contributed by atoms with Gasteiger partial charge < -0.3 is 5.73 Å². The van der Waals surface area contributed by atoms with Crippen LogP contribution >= 0.6 is 0 Å². The molecule has 0 atom stereocenters. The summed E-state index contributed by atoms with van der Waals surface area (Å²) in [7, 11) is 0. The smallest absolute Gasteiger partial charge is 0.124 e. The summed E-state index contributed by atoms with van der Waals surface area (Å²) in [6, 6.07) is 4.80. The highest BCUT2D eigenvalue weighted by Crippen LogP contribution is 2.14.